The van der Waals surface area contributed by atoms with Gasteiger partial charge in [-0.1, -0.05) is 19.1 Å². The predicted molar refractivity (Wildman–Crippen MR) is 120 cm³/mol. The van der Waals surface area contributed by atoms with Crippen LogP contribution in [-0.2, 0) is 4.79 Å². The van der Waals surface area contributed by atoms with Crippen LogP contribution in [-0.4, -0.2) is 55.4 Å². The molecule has 0 radical (unpaired) electrons. The van der Waals surface area contributed by atoms with Crippen molar-refractivity contribution in [3.05, 3.63) is 52.2 Å². The quantitative estimate of drug-likeness (QED) is 0.657. The van der Waals surface area contributed by atoms with Crippen LogP contribution in [0, 0.1) is 5.92 Å². The maximum atomic E-state index is 12.9. The van der Waals surface area contributed by atoms with Crippen molar-refractivity contribution >= 4 is 29.1 Å². The van der Waals surface area contributed by atoms with E-state index in [0.29, 0.717) is 48.7 Å². The molecule has 2 heterocycles. The number of thiophene rings is 1. The van der Waals surface area contributed by atoms with E-state index in [1.807, 2.05) is 18.4 Å². The van der Waals surface area contributed by atoms with Gasteiger partial charge >= 0.3 is 0 Å². The Labute approximate surface area is 186 Å². The number of methoxy groups -OCH3 is 1. The summed E-state index contributed by atoms with van der Waals surface area (Å²) in [7, 11) is 1.57. The molecule has 0 spiro atoms. The lowest BCUT2D eigenvalue weighted by Crippen LogP contribution is -2.53. The Morgan fingerprint density at radius 2 is 1.97 bits per heavy atom. The maximum absolute atomic E-state index is 12.9. The zero-order chi connectivity index (χ0) is 22.2. The number of benzene rings is 1. The van der Waals surface area contributed by atoms with Crippen LogP contribution in [0.4, 0.5) is 0 Å². The fraction of sp³-hybridized carbons (Fsp3) is 0.435. The van der Waals surface area contributed by atoms with E-state index in [-0.39, 0.29) is 23.6 Å². The minimum absolute atomic E-state index is 0.0323. The van der Waals surface area contributed by atoms with Crippen LogP contribution in [0.25, 0.3) is 0 Å². The minimum atomic E-state index is -0.616. The molecular weight excluding hydrogens is 414 g/mol. The van der Waals surface area contributed by atoms with Crippen molar-refractivity contribution in [2.75, 3.05) is 26.7 Å². The summed E-state index contributed by atoms with van der Waals surface area (Å²) >= 11 is 1.35. The molecule has 166 valence electrons. The van der Waals surface area contributed by atoms with Gasteiger partial charge in [-0.25, -0.2) is 0 Å². The zero-order valence-electron chi connectivity index (χ0n) is 17.9. The normalized spacial score (nSPS) is 15.2. The molecule has 1 saturated heterocycles. The van der Waals surface area contributed by atoms with Gasteiger partial charge in [0.15, 0.2) is 0 Å². The molecule has 1 fully saturated rings. The smallest absolute Gasteiger partial charge is 0.262 e. The summed E-state index contributed by atoms with van der Waals surface area (Å²) in [5.74, 6) is 0.164. The van der Waals surface area contributed by atoms with Gasteiger partial charge < -0.3 is 20.3 Å². The third kappa shape index (κ3) is 5.85. The highest BCUT2D eigenvalue weighted by Crippen LogP contribution is 2.24. The molecule has 0 unspecified atom stereocenters. The molecule has 1 aromatic heterocycles. The van der Waals surface area contributed by atoms with Gasteiger partial charge in [0, 0.05) is 25.2 Å². The molecule has 0 saturated carbocycles. The molecular formula is C23H29N3O4S. The number of amides is 3. The third-order valence-corrected chi connectivity index (χ3v) is 6.35. The number of likely N-dealkylation sites (tertiary alicyclic amines) is 1. The first-order chi connectivity index (χ1) is 15.0. The van der Waals surface area contributed by atoms with Crippen molar-refractivity contribution in [1.82, 2.24) is 15.5 Å². The van der Waals surface area contributed by atoms with Gasteiger partial charge in [0.05, 0.1) is 12.0 Å². The second-order valence-electron chi connectivity index (χ2n) is 7.58. The van der Waals surface area contributed by atoms with Crippen molar-refractivity contribution in [1.29, 1.82) is 0 Å². The number of carbonyl (C=O) groups is 3. The Morgan fingerprint density at radius 1 is 1.19 bits per heavy atom. The van der Waals surface area contributed by atoms with Gasteiger partial charge in [-0.15, -0.1) is 11.3 Å². The second-order valence-corrected chi connectivity index (χ2v) is 8.53. The monoisotopic (exact) mass is 443 g/mol. The van der Waals surface area contributed by atoms with Gasteiger partial charge in [-0.05, 0) is 54.8 Å². The van der Waals surface area contributed by atoms with Crippen LogP contribution in [0.5, 0.6) is 5.75 Å². The summed E-state index contributed by atoms with van der Waals surface area (Å²) in [5, 5.41) is 7.67. The molecule has 1 aromatic carbocycles. The van der Waals surface area contributed by atoms with E-state index in [9.17, 15) is 14.4 Å². The molecule has 2 aromatic rings. The molecule has 1 aliphatic rings. The topological polar surface area (TPSA) is 87.7 Å². The predicted octanol–water partition coefficient (Wildman–Crippen LogP) is 2.93. The van der Waals surface area contributed by atoms with Gasteiger partial charge in [0.25, 0.3) is 11.8 Å². The number of ether oxygens (including phenoxy) is 1. The van der Waals surface area contributed by atoms with E-state index in [1.54, 1.807) is 42.3 Å². The Hall–Kier alpha value is -2.87. The molecule has 8 heteroatoms. The highest BCUT2D eigenvalue weighted by molar-refractivity contribution is 7.12. The van der Waals surface area contributed by atoms with Crippen LogP contribution in [0.2, 0.25) is 0 Å². The molecule has 7 nitrogen and oxygen atoms in total. The van der Waals surface area contributed by atoms with E-state index in [0.717, 1.165) is 6.42 Å². The van der Waals surface area contributed by atoms with Gasteiger partial charge in [-0.3, -0.25) is 14.4 Å². The number of rotatable bonds is 8. The lowest BCUT2D eigenvalue weighted by Gasteiger charge is -2.35. The van der Waals surface area contributed by atoms with Crippen molar-refractivity contribution in [3.8, 4) is 5.75 Å². The lowest BCUT2D eigenvalue weighted by molar-refractivity contribution is -0.124. The average molecular weight is 444 g/mol. The second kappa shape index (κ2) is 10.9. The number of nitrogens with one attached hydrogen (secondary N) is 2. The van der Waals surface area contributed by atoms with Crippen LogP contribution >= 0.6 is 11.3 Å². The number of hydrogen-bond acceptors (Lipinski definition) is 5. The molecule has 3 amide bonds. The Morgan fingerprint density at radius 3 is 2.61 bits per heavy atom. The number of hydrogen-bond donors (Lipinski definition) is 2. The first-order valence-corrected chi connectivity index (χ1v) is 11.5. The maximum Gasteiger partial charge on any atom is 0.262 e. The lowest BCUT2D eigenvalue weighted by atomic mass is 9.88. The summed E-state index contributed by atoms with van der Waals surface area (Å²) in [5.41, 5.74) is 0.584. The van der Waals surface area contributed by atoms with Crippen LogP contribution in [0.3, 0.4) is 0 Å². The fourth-order valence-corrected chi connectivity index (χ4v) is 4.38. The van der Waals surface area contributed by atoms with Gasteiger partial charge in [0.1, 0.15) is 11.8 Å². The molecule has 1 aliphatic heterocycles. The number of piperidine rings is 1. The summed E-state index contributed by atoms with van der Waals surface area (Å²) in [6, 6.07) is 10.1. The first-order valence-electron chi connectivity index (χ1n) is 10.6. The van der Waals surface area contributed by atoms with E-state index in [2.05, 4.69) is 10.6 Å². The molecule has 31 heavy (non-hydrogen) atoms. The van der Waals surface area contributed by atoms with E-state index < -0.39 is 6.04 Å². The fourth-order valence-electron chi connectivity index (χ4n) is 3.75. The van der Waals surface area contributed by atoms with E-state index in [1.165, 1.54) is 11.3 Å². The number of carbonyl (C=O) groups excluding carboxylic acids is 3. The summed E-state index contributed by atoms with van der Waals surface area (Å²) in [6.45, 7) is 3.62. The summed E-state index contributed by atoms with van der Waals surface area (Å²) < 4.78 is 5.21. The third-order valence-electron chi connectivity index (χ3n) is 5.48. The number of nitrogens with zero attached hydrogens (tertiary/aromatic N) is 1. The average Bonchev–Trinajstić information content (AvgIpc) is 3.36. The molecule has 0 bridgehead atoms. The molecule has 3 rings (SSSR count). The van der Waals surface area contributed by atoms with E-state index >= 15 is 0 Å². The van der Waals surface area contributed by atoms with Crippen molar-refractivity contribution in [3.63, 3.8) is 0 Å². The first kappa shape index (κ1) is 22.8. The Kier molecular flexibility index (Phi) is 8.06. The van der Waals surface area contributed by atoms with Gasteiger partial charge in [-0.2, -0.15) is 0 Å². The van der Waals surface area contributed by atoms with Crippen molar-refractivity contribution in [2.24, 2.45) is 5.92 Å². The van der Waals surface area contributed by atoms with Gasteiger partial charge in [0.2, 0.25) is 5.91 Å². The van der Waals surface area contributed by atoms with Crippen molar-refractivity contribution < 1.29 is 19.1 Å². The van der Waals surface area contributed by atoms with Crippen LogP contribution in [0.15, 0.2) is 41.8 Å². The summed E-state index contributed by atoms with van der Waals surface area (Å²) in [6.07, 6.45) is 2.11. The van der Waals surface area contributed by atoms with Crippen LogP contribution < -0.4 is 15.4 Å². The standard InChI is InChI=1S/C23H29N3O4S/c1-3-11-24-22(28)20(25-21(27)19-8-5-14-31-19)16-9-12-26(13-10-16)23(29)17-6-4-7-18(15-17)30-2/h4-8,14-16,20H,3,9-13H2,1-2H3,(H,24,28)(H,25,27)/t20-/m1/s1. The van der Waals surface area contributed by atoms with Crippen LogP contribution in [0.1, 0.15) is 46.2 Å². The highest BCUT2D eigenvalue weighted by Gasteiger charge is 2.34. The van der Waals surface area contributed by atoms with Crippen molar-refractivity contribution in [2.45, 2.75) is 32.2 Å². The molecule has 0 aliphatic carbocycles. The zero-order valence-corrected chi connectivity index (χ0v) is 18.7. The molecule has 1 atom stereocenters. The molecule has 2 N–H and O–H groups in total. The Bertz CT molecular complexity index is 892. The summed E-state index contributed by atoms with van der Waals surface area (Å²) in [4.78, 5) is 40.7. The highest BCUT2D eigenvalue weighted by atomic mass is 32.1. The SMILES string of the molecule is CCCNC(=O)[C@H](NC(=O)c1cccs1)C1CCN(C(=O)c2cccc(OC)c2)CC1. The van der Waals surface area contributed by atoms with E-state index in [4.69, 9.17) is 4.74 Å². The minimum Gasteiger partial charge on any atom is -0.497 e. The Balaban J connectivity index is 1.65. The largest absolute Gasteiger partial charge is 0.497 e.